The molecular formula is C20H19NOS. The van der Waals surface area contributed by atoms with Gasteiger partial charge in [0.15, 0.2) is 0 Å². The third-order valence-corrected chi connectivity index (χ3v) is 5.93. The first-order chi connectivity index (χ1) is 11.2. The summed E-state index contributed by atoms with van der Waals surface area (Å²) in [5.74, 6) is 0.551. The van der Waals surface area contributed by atoms with Crippen molar-refractivity contribution in [1.82, 2.24) is 0 Å². The van der Waals surface area contributed by atoms with Crippen LogP contribution in [0.5, 0.6) is 0 Å². The summed E-state index contributed by atoms with van der Waals surface area (Å²) >= 11 is 1.80. The molecule has 2 aliphatic rings. The van der Waals surface area contributed by atoms with Gasteiger partial charge in [0, 0.05) is 22.3 Å². The Hall–Kier alpha value is -2.00. The monoisotopic (exact) mass is 321 g/mol. The smallest absolute Gasteiger partial charge is 0.143 e. The normalized spacial score (nSPS) is 26.4. The quantitative estimate of drug-likeness (QED) is 0.796. The third kappa shape index (κ3) is 2.70. The van der Waals surface area contributed by atoms with Crippen molar-refractivity contribution in [3.8, 4) is 0 Å². The average molecular weight is 321 g/mol. The van der Waals surface area contributed by atoms with Crippen LogP contribution < -0.4 is 5.32 Å². The maximum Gasteiger partial charge on any atom is 0.143 e. The molecule has 116 valence electrons. The summed E-state index contributed by atoms with van der Waals surface area (Å²) in [5.41, 5.74) is 3.39. The largest absolute Gasteiger partial charge is 0.358 e. The van der Waals surface area contributed by atoms with Crippen molar-refractivity contribution < 1.29 is 4.79 Å². The van der Waals surface area contributed by atoms with Crippen molar-refractivity contribution in [3.05, 3.63) is 71.9 Å². The van der Waals surface area contributed by atoms with Crippen LogP contribution in [-0.4, -0.2) is 5.78 Å². The molecule has 2 aromatic rings. The summed E-state index contributed by atoms with van der Waals surface area (Å²) in [6.45, 7) is 2.12. The molecule has 0 spiro atoms. The Bertz CT molecular complexity index is 768. The van der Waals surface area contributed by atoms with Gasteiger partial charge in [-0.15, -0.1) is 11.8 Å². The Labute approximate surface area is 141 Å². The number of hydrogen-bond acceptors (Lipinski definition) is 3. The molecule has 0 aromatic heterocycles. The lowest BCUT2D eigenvalue weighted by atomic mass is 9.81. The van der Waals surface area contributed by atoms with Gasteiger partial charge in [-0.25, -0.2) is 0 Å². The molecule has 1 aliphatic carbocycles. The zero-order valence-electron chi connectivity index (χ0n) is 13.0. The minimum atomic E-state index is -0.0917. The Morgan fingerprint density at radius 3 is 2.61 bits per heavy atom. The first-order valence-corrected chi connectivity index (χ1v) is 8.92. The van der Waals surface area contributed by atoms with E-state index in [0.717, 1.165) is 11.4 Å². The van der Waals surface area contributed by atoms with Crippen molar-refractivity contribution in [1.29, 1.82) is 0 Å². The van der Waals surface area contributed by atoms with Crippen molar-refractivity contribution in [3.63, 3.8) is 0 Å². The number of Topliss-reactive ketones (excluding diaryl/α,β-unsaturated/α-hetero) is 1. The van der Waals surface area contributed by atoms with Gasteiger partial charge in [-0.3, -0.25) is 4.79 Å². The number of para-hydroxylation sites is 1. The highest BCUT2D eigenvalue weighted by molar-refractivity contribution is 7.99. The number of carbonyl (C=O) groups excluding carboxylic acids is 1. The predicted octanol–water partition coefficient (Wildman–Crippen LogP) is 5.05. The standard InChI is InChI=1S/C20H19NOS/c1-13-11-16-19(17(22)12-13)20(14-7-3-2-4-8-14)23-18-10-6-5-9-15(18)21-16/h2-11,13,19-21H,12H2,1H3/t13-,19+,20+/m1/s1. The van der Waals surface area contributed by atoms with Crippen LogP contribution in [0.25, 0.3) is 0 Å². The fraction of sp³-hybridized carbons (Fsp3) is 0.250. The number of fused-ring (bicyclic) bond motifs is 2. The van der Waals surface area contributed by atoms with E-state index in [-0.39, 0.29) is 11.2 Å². The lowest BCUT2D eigenvalue weighted by Gasteiger charge is -2.30. The number of hydrogen-bond donors (Lipinski definition) is 1. The maximum atomic E-state index is 12.8. The molecule has 0 amide bonds. The van der Waals surface area contributed by atoms with Crippen molar-refractivity contribution >= 4 is 23.2 Å². The molecule has 3 atom stereocenters. The number of carbonyl (C=O) groups is 1. The molecule has 1 heterocycles. The zero-order valence-corrected chi connectivity index (χ0v) is 13.8. The lowest BCUT2D eigenvalue weighted by Crippen LogP contribution is -2.30. The molecule has 23 heavy (non-hydrogen) atoms. The van der Waals surface area contributed by atoms with Gasteiger partial charge < -0.3 is 5.32 Å². The fourth-order valence-corrected chi connectivity index (χ4v) is 4.88. The molecule has 0 saturated carbocycles. The van der Waals surface area contributed by atoms with Crippen molar-refractivity contribution in [2.75, 3.05) is 5.32 Å². The molecule has 2 nitrogen and oxygen atoms in total. The van der Waals surface area contributed by atoms with Gasteiger partial charge >= 0.3 is 0 Å². The Morgan fingerprint density at radius 1 is 1.04 bits per heavy atom. The van der Waals surface area contributed by atoms with E-state index < -0.39 is 0 Å². The molecule has 0 saturated heterocycles. The molecule has 1 aliphatic heterocycles. The minimum Gasteiger partial charge on any atom is -0.358 e. The number of thioether (sulfide) groups is 1. The summed E-state index contributed by atoms with van der Waals surface area (Å²) < 4.78 is 0. The fourth-order valence-electron chi connectivity index (χ4n) is 3.47. The number of rotatable bonds is 1. The highest BCUT2D eigenvalue weighted by atomic mass is 32.2. The topological polar surface area (TPSA) is 29.1 Å². The van der Waals surface area contributed by atoms with E-state index in [1.165, 1.54) is 10.5 Å². The number of ketones is 1. The molecule has 2 aromatic carbocycles. The van der Waals surface area contributed by atoms with Gasteiger partial charge in [0.1, 0.15) is 5.78 Å². The first-order valence-electron chi connectivity index (χ1n) is 8.04. The van der Waals surface area contributed by atoms with Crippen molar-refractivity contribution in [2.24, 2.45) is 11.8 Å². The van der Waals surface area contributed by atoms with Gasteiger partial charge in [-0.2, -0.15) is 0 Å². The number of anilines is 1. The Morgan fingerprint density at radius 2 is 1.78 bits per heavy atom. The molecule has 4 rings (SSSR count). The second kappa shape index (κ2) is 5.89. The maximum absolute atomic E-state index is 12.8. The number of allylic oxidation sites excluding steroid dienone is 2. The van der Waals surface area contributed by atoms with Crippen LogP contribution in [0.2, 0.25) is 0 Å². The highest BCUT2D eigenvalue weighted by Crippen LogP contribution is 2.50. The van der Waals surface area contributed by atoms with Crippen LogP contribution in [0.1, 0.15) is 24.2 Å². The molecule has 0 fully saturated rings. The number of nitrogens with one attached hydrogen (secondary N) is 1. The van der Waals surface area contributed by atoms with Crippen LogP contribution >= 0.6 is 11.8 Å². The molecule has 1 N–H and O–H groups in total. The summed E-state index contributed by atoms with van der Waals surface area (Å²) in [5, 5.41) is 3.67. The van der Waals surface area contributed by atoms with Crippen LogP contribution in [0.4, 0.5) is 5.69 Å². The van der Waals surface area contributed by atoms with Crippen LogP contribution in [0.15, 0.2) is 71.3 Å². The Balaban J connectivity index is 1.86. The summed E-state index contributed by atoms with van der Waals surface area (Å²) in [4.78, 5) is 14.0. The van der Waals surface area contributed by atoms with Gasteiger partial charge in [-0.1, -0.05) is 55.5 Å². The van der Waals surface area contributed by atoms with E-state index in [4.69, 9.17) is 0 Å². The van der Waals surface area contributed by atoms with Crippen LogP contribution in [0, 0.1) is 11.8 Å². The second-order valence-corrected chi connectivity index (χ2v) is 7.50. The van der Waals surface area contributed by atoms with Gasteiger partial charge in [0.25, 0.3) is 0 Å². The predicted molar refractivity (Wildman–Crippen MR) is 95.5 cm³/mol. The van der Waals surface area contributed by atoms with Gasteiger partial charge in [-0.05, 0) is 23.6 Å². The zero-order chi connectivity index (χ0) is 15.8. The van der Waals surface area contributed by atoms with E-state index in [9.17, 15) is 4.79 Å². The van der Waals surface area contributed by atoms with Crippen LogP contribution in [-0.2, 0) is 4.79 Å². The molecule has 0 radical (unpaired) electrons. The average Bonchev–Trinajstić information content (AvgIpc) is 2.72. The van der Waals surface area contributed by atoms with E-state index in [1.807, 2.05) is 12.1 Å². The van der Waals surface area contributed by atoms with Gasteiger partial charge in [0.2, 0.25) is 0 Å². The van der Waals surface area contributed by atoms with Gasteiger partial charge in [0.05, 0.1) is 11.6 Å². The molecular weight excluding hydrogens is 302 g/mol. The third-order valence-electron chi connectivity index (χ3n) is 4.52. The first kappa shape index (κ1) is 14.6. The lowest BCUT2D eigenvalue weighted by molar-refractivity contribution is -0.122. The van der Waals surface area contributed by atoms with Crippen molar-refractivity contribution in [2.45, 2.75) is 23.5 Å². The molecule has 0 unspecified atom stereocenters. The summed E-state index contributed by atoms with van der Waals surface area (Å²) in [7, 11) is 0. The summed E-state index contributed by atoms with van der Waals surface area (Å²) in [6.07, 6.45) is 2.88. The second-order valence-electron chi connectivity index (χ2n) is 6.32. The summed E-state index contributed by atoms with van der Waals surface area (Å²) in [6, 6.07) is 18.7. The van der Waals surface area contributed by atoms with Crippen LogP contribution in [0.3, 0.4) is 0 Å². The molecule has 0 bridgehead atoms. The van der Waals surface area contributed by atoms with E-state index >= 15 is 0 Å². The minimum absolute atomic E-state index is 0.0917. The molecule has 3 heteroatoms. The SMILES string of the molecule is C[C@@H]1C=C2Nc3ccccc3S[C@@H](c3ccccc3)[C@@H]2C(=O)C1. The highest BCUT2D eigenvalue weighted by Gasteiger charge is 2.39. The van der Waals surface area contributed by atoms with E-state index in [0.29, 0.717) is 18.1 Å². The number of benzene rings is 2. The van der Waals surface area contributed by atoms with E-state index in [2.05, 4.69) is 60.8 Å². The van der Waals surface area contributed by atoms with E-state index in [1.54, 1.807) is 11.8 Å². The Kier molecular flexibility index (Phi) is 3.74.